The molecule has 0 atom stereocenters. The van der Waals surface area contributed by atoms with Crippen LogP contribution in [0.4, 0.5) is 16.2 Å². The minimum absolute atomic E-state index is 0.225. The SMILES string of the molecule is COC(=O)c1ccccc1NC(=O)N1CCN(c2cccc3cccnc23)CC1. The second kappa shape index (κ2) is 8.18. The first-order valence-electron chi connectivity index (χ1n) is 9.49. The van der Waals surface area contributed by atoms with Crippen LogP contribution in [0.2, 0.25) is 0 Å². The molecule has 0 bridgehead atoms. The third-order valence-electron chi connectivity index (χ3n) is 5.09. The van der Waals surface area contributed by atoms with Gasteiger partial charge in [-0.15, -0.1) is 0 Å². The third-order valence-corrected chi connectivity index (χ3v) is 5.09. The lowest BCUT2D eigenvalue weighted by Crippen LogP contribution is -2.50. The number of ether oxygens (including phenoxy) is 1. The number of aromatic nitrogens is 1. The van der Waals surface area contributed by atoms with Gasteiger partial charge < -0.3 is 19.9 Å². The molecular formula is C22H22N4O3. The predicted octanol–water partition coefficient (Wildman–Crippen LogP) is 3.38. The first-order valence-corrected chi connectivity index (χ1v) is 9.49. The van der Waals surface area contributed by atoms with Gasteiger partial charge in [0.1, 0.15) is 0 Å². The Morgan fingerprint density at radius 3 is 2.52 bits per heavy atom. The van der Waals surface area contributed by atoms with Crippen LogP contribution in [0.25, 0.3) is 10.9 Å². The maximum Gasteiger partial charge on any atom is 0.339 e. The number of carbonyl (C=O) groups excluding carboxylic acids is 2. The number of amides is 2. The van der Waals surface area contributed by atoms with Gasteiger partial charge in [0, 0.05) is 37.8 Å². The number of fused-ring (bicyclic) bond motifs is 1. The summed E-state index contributed by atoms with van der Waals surface area (Å²) in [5.41, 5.74) is 2.84. The van der Waals surface area contributed by atoms with Crippen LogP contribution in [0.3, 0.4) is 0 Å². The number of nitrogens with zero attached hydrogens (tertiary/aromatic N) is 3. The summed E-state index contributed by atoms with van der Waals surface area (Å²) in [6.07, 6.45) is 1.80. The predicted molar refractivity (Wildman–Crippen MR) is 112 cm³/mol. The molecular weight excluding hydrogens is 368 g/mol. The fourth-order valence-electron chi connectivity index (χ4n) is 3.57. The van der Waals surface area contributed by atoms with E-state index in [4.69, 9.17) is 4.74 Å². The molecule has 148 valence electrons. The molecule has 29 heavy (non-hydrogen) atoms. The fraction of sp³-hybridized carbons (Fsp3) is 0.227. The number of pyridine rings is 1. The summed E-state index contributed by atoms with van der Waals surface area (Å²) >= 11 is 0. The average molecular weight is 390 g/mol. The van der Waals surface area contributed by atoms with Gasteiger partial charge in [0.05, 0.1) is 29.6 Å². The zero-order valence-electron chi connectivity index (χ0n) is 16.2. The monoisotopic (exact) mass is 390 g/mol. The number of para-hydroxylation sites is 2. The zero-order chi connectivity index (χ0) is 20.2. The van der Waals surface area contributed by atoms with Gasteiger partial charge in [0.15, 0.2) is 0 Å². The second-order valence-corrected chi connectivity index (χ2v) is 6.79. The fourth-order valence-corrected chi connectivity index (χ4v) is 3.57. The highest BCUT2D eigenvalue weighted by Crippen LogP contribution is 2.26. The number of hydrogen-bond donors (Lipinski definition) is 1. The minimum atomic E-state index is -0.478. The first kappa shape index (κ1) is 18.7. The molecule has 2 heterocycles. The van der Waals surface area contributed by atoms with Crippen LogP contribution in [0.15, 0.2) is 60.8 Å². The summed E-state index contributed by atoms with van der Waals surface area (Å²) in [5, 5.41) is 3.94. The number of carbonyl (C=O) groups is 2. The molecule has 0 aliphatic carbocycles. The van der Waals surface area contributed by atoms with E-state index in [1.54, 1.807) is 35.4 Å². The van der Waals surface area contributed by atoms with Crippen molar-refractivity contribution < 1.29 is 14.3 Å². The van der Waals surface area contributed by atoms with Crippen molar-refractivity contribution in [1.29, 1.82) is 0 Å². The normalized spacial score (nSPS) is 14.0. The molecule has 0 spiro atoms. The van der Waals surface area contributed by atoms with Crippen molar-refractivity contribution in [2.24, 2.45) is 0 Å². The number of rotatable bonds is 3. The van der Waals surface area contributed by atoms with Gasteiger partial charge in [-0.1, -0.05) is 30.3 Å². The lowest BCUT2D eigenvalue weighted by molar-refractivity contribution is 0.0602. The number of esters is 1. The van der Waals surface area contributed by atoms with Crippen LogP contribution in [-0.4, -0.2) is 55.2 Å². The van der Waals surface area contributed by atoms with Crippen LogP contribution in [0.5, 0.6) is 0 Å². The van der Waals surface area contributed by atoms with E-state index in [-0.39, 0.29) is 6.03 Å². The van der Waals surface area contributed by atoms with Gasteiger partial charge in [-0.05, 0) is 24.3 Å². The summed E-state index contributed by atoms with van der Waals surface area (Å²) in [6.45, 7) is 2.58. The molecule has 7 nitrogen and oxygen atoms in total. The smallest absolute Gasteiger partial charge is 0.339 e. The average Bonchev–Trinajstić information content (AvgIpc) is 2.78. The molecule has 3 aromatic rings. The molecule has 1 aromatic heterocycles. The molecule has 0 saturated carbocycles. The number of benzene rings is 2. The molecule has 1 fully saturated rings. The summed E-state index contributed by atoms with van der Waals surface area (Å²) in [4.78, 5) is 33.1. The van der Waals surface area contributed by atoms with Gasteiger partial charge in [-0.25, -0.2) is 9.59 Å². The number of hydrogen-bond acceptors (Lipinski definition) is 5. The van der Waals surface area contributed by atoms with E-state index in [9.17, 15) is 9.59 Å². The van der Waals surface area contributed by atoms with Gasteiger partial charge >= 0.3 is 12.0 Å². The van der Waals surface area contributed by atoms with Crippen LogP contribution < -0.4 is 10.2 Å². The Bertz CT molecular complexity index is 1040. The van der Waals surface area contributed by atoms with Crippen LogP contribution in [0, 0.1) is 0 Å². The molecule has 1 aliphatic rings. The Kier molecular flexibility index (Phi) is 5.29. The summed E-state index contributed by atoms with van der Waals surface area (Å²) in [6, 6.07) is 16.7. The van der Waals surface area contributed by atoms with Crippen LogP contribution in [-0.2, 0) is 4.74 Å². The Labute approximate surface area is 168 Å². The van der Waals surface area contributed by atoms with E-state index in [1.807, 2.05) is 24.3 Å². The molecule has 0 radical (unpaired) electrons. The quantitative estimate of drug-likeness (QED) is 0.694. The topological polar surface area (TPSA) is 74.8 Å². The minimum Gasteiger partial charge on any atom is -0.465 e. The van der Waals surface area contributed by atoms with E-state index >= 15 is 0 Å². The molecule has 2 aromatic carbocycles. The highest BCUT2D eigenvalue weighted by Gasteiger charge is 2.23. The van der Waals surface area contributed by atoms with Crippen molar-refractivity contribution in [3.63, 3.8) is 0 Å². The van der Waals surface area contributed by atoms with E-state index in [1.165, 1.54) is 7.11 Å². The van der Waals surface area contributed by atoms with Gasteiger partial charge in [-0.3, -0.25) is 4.98 Å². The molecule has 7 heteroatoms. The number of nitrogens with one attached hydrogen (secondary N) is 1. The number of urea groups is 1. The van der Waals surface area contributed by atoms with Crippen LogP contribution >= 0.6 is 0 Å². The third kappa shape index (κ3) is 3.85. The summed E-state index contributed by atoms with van der Waals surface area (Å²) in [7, 11) is 1.32. The number of methoxy groups -OCH3 is 1. The number of piperazine rings is 1. The Morgan fingerprint density at radius 1 is 0.966 bits per heavy atom. The zero-order valence-corrected chi connectivity index (χ0v) is 16.2. The Morgan fingerprint density at radius 2 is 1.72 bits per heavy atom. The molecule has 2 amide bonds. The lowest BCUT2D eigenvalue weighted by atomic mass is 10.1. The standard InChI is InChI=1S/C22H22N4O3/c1-29-21(27)17-8-2-3-9-18(17)24-22(28)26-14-12-25(13-15-26)19-10-4-6-16-7-5-11-23-20(16)19/h2-11H,12-15H2,1H3,(H,24,28). The highest BCUT2D eigenvalue weighted by molar-refractivity contribution is 6.00. The van der Waals surface area contributed by atoms with Crippen molar-refractivity contribution in [1.82, 2.24) is 9.88 Å². The highest BCUT2D eigenvalue weighted by atomic mass is 16.5. The van der Waals surface area contributed by atoms with Gasteiger partial charge in [0.2, 0.25) is 0 Å². The Balaban J connectivity index is 1.44. The van der Waals surface area contributed by atoms with Crippen molar-refractivity contribution in [3.8, 4) is 0 Å². The molecule has 4 rings (SSSR count). The maximum absolute atomic E-state index is 12.7. The summed E-state index contributed by atoms with van der Waals surface area (Å²) < 4.78 is 4.79. The van der Waals surface area contributed by atoms with Crippen molar-refractivity contribution >= 4 is 34.3 Å². The lowest BCUT2D eigenvalue weighted by Gasteiger charge is -2.36. The van der Waals surface area contributed by atoms with E-state index in [0.717, 1.165) is 16.6 Å². The molecule has 1 N–H and O–H groups in total. The van der Waals surface area contributed by atoms with Gasteiger partial charge in [-0.2, -0.15) is 0 Å². The molecule has 0 unspecified atom stereocenters. The van der Waals surface area contributed by atoms with Crippen molar-refractivity contribution in [2.45, 2.75) is 0 Å². The van der Waals surface area contributed by atoms with E-state index < -0.39 is 5.97 Å². The van der Waals surface area contributed by atoms with E-state index in [0.29, 0.717) is 37.4 Å². The largest absolute Gasteiger partial charge is 0.465 e. The summed E-state index contributed by atoms with van der Waals surface area (Å²) in [5.74, 6) is -0.478. The maximum atomic E-state index is 12.7. The van der Waals surface area contributed by atoms with Crippen LogP contribution in [0.1, 0.15) is 10.4 Å². The van der Waals surface area contributed by atoms with E-state index in [2.05, 4.69) is 21.3 Å². The number of anilines is 2. The molecule has 1 aliphatic heterocycles. The van der Waals surface area contributed by atoms with Gasteiger partial charge in [0.25, 0.3) is 0 Å². The Hall–Kier alpha value is -3.61. The van der Waals surface area contributed by atoms with Crippen molar-refractivity contribution in [2.75, 3.05) is 43.5 Å². The molecule has 1 saturated heterocycles. The van der Waals surface area contributed by atoms with Crippen molar-refractivity contribution in [3.05, 3.63) is 66.4 Å². The second-order valence-electron chi connectivity index (χ2n) is 6.79. The first-order chi connectivity index (χ1) is 14.2.